The molecule has 1 heterocycles. The van der Waals surface area contributed by atoms with E-state index in [2.05, 4.69) is 0 Å². The molecule has 7 heteroatoms. The van der Waals surface area contributed by atoms with E-state index in [0.29, 0.717) is 15.5 Å². The van der Waals surface area contributed by atoms with Gasteiger partial charge in [-0.1, -0.05) is 35.3 Å². The molecule has 0 aliphatic carbocycles. The van der Waals surface area contributed by atoms with Crippen LogP contribution in [0, 0.1) is 0 Å². The number of likely N-dealkylation sites (tertiary alicyclic amines) is 1. The molecular formula is C13H9Cl2NO4. The SMILES string of the molecule is O=C(O)CN1C(=O)C/C(=C\c2cccc(Cl)c2Cl)C1=O. The number of carbonyl (C=O) groups excluding carboxylic acids is 2. The van der Waals surface area contributed by atoms with E-state index in [9.17, 15) is 14.4 Å². The van der Waals surface area contributed by atoms with Crippen molar-refractivity contribution in [3.8, 4) is 0 Å². The largest absolute Gasteiger partial charge is 0.480 e. The second-order valence-corrected chi connectivity index (χ2v) is 4.95. The highest BCUT2D eigenvalue weighted by Gasteiger charge is 2.35. The van der Waals surface area contributed by atoms with E-state index >= 15 is 0 Å². The Morgan fingerprint density at radius 2 is 2.05 bits per heavy atom. The number of amides is 2. The van der Waals surface area contributed by atoms with Crippen LogP contribution >= 0.6 is 23.2 Å². The second-order valence-electron chi connectivity index (χ2n) is 4.17. The molecule has 1 aromatic carbocycles. The summed E-state index contributed by atoms with van der Waals surface area (Å²) in [5, 5.41) is 9.27. The minimum Gasteiger partial charge on any atom is -0.480 e. The fourth-order valence-electron chi connectivity index (χ4n) is 1.85. The van der Waals surface area contributed by atoms with E-state index < -0.39 is 24.3 Å². The minimum absolute atomic E-state index is 0.144. The van der Waals surface area contributed by atoms with Gasteiger partial charge in [0.1, 0.15) is 6.54 Å². The number of benzene rings is 1. The number of carboxylic acids is 1. The Bertz CT molecular complexity index is 639. The van der Waals surface area contributed by atoms with Crippen LogP contribution in [0.2, 0.25) is 10.0 Å². The van der Waals surface area contributed by atoms with E-state index in [1.807, 2.05) is 0 Å². The van der Waals surface area contributed by atoms with Gasteiger partial charge in [-0.05, 0) is 17.7 Å². The Labute approximate surface area is 124 Å². The molecule has 0 spiro atoms. The van der Waals surface area contributed by atoms with Crippen molar-refractivity contribution < 1.29 is 19.5 Å². The number of halogens is 2. The topological polar surface area (TPSA) is 74.7 Å². The van der Waals surface area contributed by atoms with E-state index in [4.69, 9.17) is 28.3 Å². The fourth-order valence-corrected chi connectivity index (χ4v) is 2.21. The summed E-state index contributed by atoms with van der Waals surface area (Å²) in [5.41, 5.74) is 0.702. The van der Waals surface area contributed by atoms with Crippen LogP contribution in [0.15, 0.2) is 23.8 Å². The van der Waals surface area contributed by atoms with Gasteiger partial charge in [-0.2, -0.15) is 0 Å². The highest BCUT2D eigenvalue weighted by molar-refractivity contribution is 6.43. The van der Waals surface area contributed by atoms with Gasteiger partial charge in [0, 0.05) is 5.57 Å². The predicted octanol–water partition coefficient (Wildman–Crippen LogP) is 2.22. The van der Waals surface area contributed by atoms with Crippen LogP contribution in [0.4, 0.5) is 0 Å². The average Bonchev–Trinajstić information content (AvgIpc) is 2.62. The lowest BCUT2D eigenvalue weighted by Crippen LogP contribution is -2.34. The van der Waals surface area contributed by atoms with Crippen molar-refractivity contribution in [1.82, 2.24) is 4.90 Å². The molecule has 104 valence electrons. The zero-order valence-electron chi connectivity index (χ0n) is 10.1. The van der Waals surface area contributed by atoms with Crippen molar-refractivity contribution in [1.29, 1.82) is 0 Å². The lowest BCUT2D eigenvalue weighted by atomic mass is 10.1. The summed E-state index contributed by atoms with van der Waals surface area (Å²) >= 11 is 11.9. The van der Waals surface area contributed by atoms with Crippen LogP contribution in [-0.2, 0) is 14.4 Å². The summed E-state index contributed by atoms with van der Waals surface area (Å²) in [7, 11) is 0. The number of nitrogens with zero attached hydrogens (tertiary/aromatic N) is 1. The number of hydrogen-bond donors (Lipinski definition) is 1. The Morgan fingerprint density at radius 3 is 2.70 bits per heavy atom. The van der Waals surface area contributed by atoms with Crippen LogP contribution in [0.25, 0.3) is 6.08 Å². The van der Waals surface area contributed by atoms with Crippen LogP contribution in [0.3, 0.4) is 0 Å². The number of rotatable bonds is 3. The normalized spacial score (nSPS) is 17.1. The Kier molecular flexibility index (Phi) is 4.11. The number of carbonyl (C=O) groups is 3. The second kappa shape index (κ2) is 5.64. The van der Waals surface area contributed by atoms with Crippen LogP contribution < -0.4 is 0 Å². The third kappa shape index (κ3) is 2.84. The van der Waals surface area contributed by atoms with Gasteiger partial charge in [0.2, 0.25) is 5.91 Å². The van der Waals surface area contributed by atoms with E-state index in [1.165, 1.54) is 6.08 Å². The van der Waals surface area contributed by atoms with Crippen molar-refractivity contribution >= 4 is 47.1 Å². The standard InChI is InChI=1S/C13H9Cl2NO4/c14-9-3-1-2-7(12(9)15)4-8-5-10(17)16(13(8)20)6-11(18)19/h1-4H,5-6H2,(H,18,19)/b8-4+. The molecule has 1 aliphatic rings. The van der Waals surface area contributed by atoms with Gasteiger partial charge in [0.25, 0.3) is 5.91 Å². The molecule has 20 heavy (non-hydrogen) atoms. The molecule has 0 bridgehead atoms. The van der Waals surface area contributed by atoms with E-state index in [0.717, 1.165) is 0 Å². The summed E-state index contributed by atoms with van der Waals surface area (Å²) in [5.74, 6) is -2.40. The number of carboxylic acid groups (broad SMARTS) is 1. The molecule has 1 aromatic rings. The number of hydrogen-bond acceptors (Lipinski definition) is 3. The van der Waals surface area contributed by atoms with Crippen molar-refractivity contribution in [2.24, 2.45) is 0 Å². The molecule has 0 aromatic heterocycles. The first kappa shape index (κ1) is 14.6. The third-order valence-electron chi connectivity index (χ3n) is 2.77. The highest BCUT2D eigenvalue weighted by atomic mass is 35.5. The summed E-state index contributed by atoms with van der Waals surface area (Å²) < 4.78 is 0. The maximum Gasteiger partial charge on any atom is 0.323 e. The molecular weight excluding hydrogens is 305 g/mol. The summed E-state index contributed by atoms with van der Waals surface area (Å²) in [4.78, 5) is 34.9. The highest BCUT2D eigenvalue weighted by Crippen LogP contribution is 2.29. The Hall–Kier alpha value is -1.85. The summed E-state index contributed by atoms with van der Waals surface area (Å²) in [6, 6.07) is 4.92. The molecule has 1 saturated heterocycles. The monoisotopic (exact) mass is 313 g/mol. The van der Waals surface area contributed by atoms with Gasteiger partial charge >= 0.3 is 5.97 Å². The lowest BCUT2D eigenvalue weighted by Gasteiger charge is -2.09. The Balaban J connectivity index is 2.32. The first-order chi connectivity index (χ1) is 9.40. The van der Waals surface area contributed by atoms with Crippen molar-refractivity contribution in [3.63, 3.8) is 0 Å². The van der Waals surface area contributed by atoms with Crippen molar-refractivity contribution in [2.75, 3.05) is 6.54 Å². The first-order valence-electron chi connectivity index (χ1n) is 5.61. The molecule has 2 rings (SSSR count). The lowest BCUT2D eigenvalue weighted by molar-refractivity contribution is -0.148. The molecule has 0 radical (unpaired) electrons. The predicted molar refractivity (Wildman–Crippen MR) is 73.4 cm³/mol. The van der Waals surface area contributed by atoms with Crippen molar-refractivity contribution in [3.05, 3.63) is 39.4 Å². The molecule has 1 aliphatic heterocycles. The number of aliphatic carboxylic acids is 1. The summed E-state index contributed by atoms with van der Waals surface area (Å²) in [6.45, 7) is -0.641. The third-order valence-corrected chi connectivity index (χ3v) is 3.60. The average molecular weight is 314 g/mol. The smallest absolute Gasteiger partial charge is 0.323 e. The molecule has 1 N–H and O–H groups in total. The van der Waals surface area contributed by atoms with Crippen molar-refractivity contribution in [2.45, 2.75) is 6.42 Å². The molecule has 5 nitrogen and oxygen atoms in total. The van der Waals surface area contributed by atoms with Crippen LogP contribution in [0.1, 0.15) is 12.0 Å². The van der Waals surface area contributed by atoms with Gasteiger partial charge in [-0.3, -0.25) is 19.3 Å². The molecule has 0 atom stereocenters. The van der Waals surface area contributed by atoms with Gasteiger partial charge < -0.3 is 5.11 Å². The van der Waals surface area contributed by atoms with Gasteiger partial charge in [-0.15, -0.1) is 0 Å². The first-order valence-corrected chi connectivity index (χ1v) is 6.37. The molecule has 0 unspecified atom stereocenters. The zero-order chi connectivity index (χ0) is 14.9. The van der Waals surface area contributed by atoms with E-state index in [1.54, 1.807) is 18.2 Å². The zero-order valence-corrected chi connectivity index (χ0v) is 11.6. The summed E-state index contributed by atoms with van der Waals surface area (Å²) in [6.07, 6.45) is 1.31. The van der Waals surface area contributed by atoms with Crippen LogP contribution in [-0.4, -0.2) is 34.3 Å². The van der Waals surface area contributed by atoms with Gasteiger partial charge in [-0.25, -0.2) is 0 Å². The Morgan fingerprint density at radius 1 is 1.35 bits per heavy atom. The fraction of sp³-hybridized carbons (Fsp3) is 0.154. The molecule has 0 saturated carbocycles. The maximum absolute atomic E-state index is 11.9. The van der Waals surface area contributed by atoms with Crippen LogP contribution in [0.5, 0.6) is 0 Å². The number of imide groups is 1. The molecule has 1 fully saturated rings. The minimum atomic E-state index is -1.24. The quantitative estimate of drug-likeness (QED) is 0.686. The van der Waals surface area contributed by atoms with Gasteiger partial charge in [0.15, 0.2) is 0 Å². The molecule has 2 amide bonds. The van der Waals surface area contributed by atoms with Gasteiger partial charge in [0.05, 0.1) is 16.5 Å². The maximum atomic E-state index is 11.9. The van der Waals surface area contributed by atoms with E-state index in [-0.39, 0.29) is 17.0 Å².